The monoisotopic (exact) mass is 967 g/mol. The fourth-order valence-electron chi connectivity index (χ4n) is 8.67. The molecule has 0 N–H and O–H groups in total. The highest BCUT2D eigenvalue weighted by molar-refractivity contribution is 7.59. The van der Waals surface area contributed by atoms with Crippen molar-refractivity contribution in [2.75, 3.05) is 55.5 Å². The van der Waals surface area contributed by atoms with E-state index in [1.807, 2.05) is 84.3 Å². The summed E-state index contributed by atoms with van der Waals surface area (Å²) >= 11 is 5.85. The smallest absolute Gasteiger partial charge is 0.416 e. The number of halogens is 7. The number of rotatable bonds is 10. The molecule has 0 aliphatic carbocycles. The number of amides is 3. The third-order valence-electron chi connectivity index (χ3n) is 12.0. The molecule has 0 bridgehead atoms. The van der Waals surface area contributed by atoms with E-state index in [0.29, 0.717) is 24.2 Å². The summed E-state index contributed by atoms with van der Waals surface area (Å²) in [6, 6.07) is 27.0. The lowest BCUT2D eigenvalue weighted by molar-refractivity contribution is -0.172. The zero-order valence-corrected chi connectivity index (χ0v) is 39.0. The first-order valence-electron chi connectivity index (χ1n) is 20.2. The summed E-state index contributed by atoms with van der Waals surface area (Å²) in [5.41, 5.74) is -1.03. The minimum Gasteiger partial charge on any atom is -0.467 e. The van der Waals surface area contributed by atoms with Crippen molar-refractivity contribution in [3.05, 3.63) is 131 Å². The third kappa shape index (κ3) is 10.5. The van der Waals surface area contributed by atoms with E-state index in [-0.39, 0.29) is 70.4 Å². The normalized spacial score (nSPS) is 17.4. The van der Waals surface area contributed by atoms with Crippen molar-refractivity contribution in [3.8, 4) is 0 Å². The predicted octanol–water partition coefficient (Wildman–Crippen LogP) is 8.60. The third-order valence-corrected chi connectivity index (χ3v) is 12.2. The maximum absolute atomic E-state index is 13.6. The molecule has 0 radical (unpaired) electrons. The van der Waals surface area contributed by atoms with E-state index in [1.165, 1.54) is 36.3 Å². The Labute approximate surface area is 393 Å². The summed E-state index contributed by atoms with van der Waals surface area (Å²) < 4.78 is 82.7. The van der Waals surface area contributed by atoms with Gasteiger partial charge in [0.1, 0.15) is 12.4 Å². The maximum Gasteiger partial charge on any atom is 0.416 e. The number of nitrogens with zero attached hydrogens (tertiary/aromatic N) is 5. The van der Waals surface area contributed by atoms with Crippen LogP contribution in [0.4, 0.5) is 37.7 Å². The Morgan fingerprint density at radius 3 is 1.52 bits per heavy atom. The number of benzene rings is 4. The first-order chi connectivity index (χ1) is 29.7. The Hall–Kier alpha value is -5.07. The van der Waals surface area contributed by atoms with Gasteiger partial charge in [-0.25, -0.2) is 4.79 Å². The van der Waals surface area contributed by atoms with Crippen LogP contribution in [0.1, 0.15) is 62.0 Å². The summed E-state index contributed by atoms with van der Waals surface area (Å²) in [6.45, 7) is 8.19. The number of alkyl halides is 7. The Morgan fingerprint density at radius 1 is 0.692 bits per heavy atom. The number of para-hydroxylation sites is 2. The van der Waals surface area contributed by atoms with Gasteiger partial charge in [-0.05, 0) is 87.4 Å². The molecule has 0 aromatic heterocycles. The summed E-state index contributed by atoms with van der Waals surface area (Å²) in [5, 5.41) is 0. The molecule has 3 amide bonds. The van der Waals surface area contributed by atoms with Crippen molar-refractivity contribution in [3.63, 3.8) is 0 Å². The van der Waals surface area contributed by atoms with Crippen LogP contribution in [0.2, 0.25) is 0 Å². The van der Waals surface area contributed by atoms with Gasteiger partial charge in [0, 0.05) is 17.4 Å². The number of hydrogen-bond acceptors (Lipinski definition) is 7. The summed E-state index contributed by atoms with van der Waals surface area (Å²) in [4.78, 5) is 61.0. The molecule has 7 rings (SSSR count). The van der Waals surface area contributed by atoms with Crippen LogP contribution < -0.4 is 9.80 Å². The highest BCUT2D eigenvalue weighted by Gasteiger charge is 2.61. The van der Waals surface area contributed by atoms with Crippen LogP contribution in [-0.2, 0) is 36.3 Å². The molecule has 3 fully saturated rings. The SMILES string of the molecule is CC(C)N1CC(=O)N([C@@H](C)c2ccc(C(F)(F)F)cc2)C2(CN(c3ccccc3)C2)C1=O.COC(=O)C1(N(C(=O)CCl)[C@@H](C)c2ccc(C(F)(F)F)cc2)CN(c2ccccc2)C1.S.S. The molecular formula is C46H52ClF6N5O5S2. The van der Waals surface area contributed by atoms with E-state index in [2.05, 4.69) is 0 Å². The Kier molecular flexibility index (Phi) is 16.7. The number of anilines is 2. The van der Waals surface area contributed by atoms with Crippen molar-refractivity contribution < 1.29 is 50.3 Å². The molecule has 3 aliphatic heterocycles. The van der Waals surface area contributed by atoms with Crippen molar-refractivity contribution in [2.24, 2.45) is 0 Å². The van der Waals surface area contributed by atoms with Crippen LogP contribution in [0.5, 0.6) is 0 Å². The van der Waals surface area contributed by atoms with Crippen LogP contribution in [0.3, 0.4) is 0 Å². The summed E-state index contributed by atoms with van der Waals surface area (Å²) in [6.07, 6.45) is -8.90. The molecule has 2 atom stereocenters. The maximum atomic E-state index is 13.6. The zero-order chi connectivity index (χ0) is 46.1. The molecular weight excluding hydrogens is 916 g/mol. The van der Waals surface area contributed by atoms with E-state index in [1.54, 1.807) is 23.6 Å². The number of ether oxygens (including phenoxy) is 1. The lowest BCUT2D eigenvalue weighted by Crippen LogP contribution is -2.81. The molecule has 0 saturated carbocycles. The van der Waals surface area contributed by atoms with Crippen molar-refractivity contribution in [1.29, 1.82) is 0 Å². The van der Waals surface area contributed by atoms with Crippen molar-refractivity contribution in [1.82, 2.24) is 14.7 Å². The predicted molar refractivity (Wildman–Crippen MR) is 247 cm³/mol. The molecule has 4 aromatic carbocycles. The number of piperazine rings is 1. The Bertz CT molecular complexity index is 2260. The average molecular weight is 969 g/mol. The number of methoxy groups -OCH3 is 1. The lowest BCUT2D eigenvalue weighted by Gasteiger charge is -2.60. The van der Waals surface area contributed by atoms with E-state index in [4.69, 9.17) is 16.3 Å². The van der Waals surface area contributed by atoms with E-state index in [9.17, 15) is 45.5 Å². The first kappa shape index (κ1) is 52.6. The van der Waals surface area contributed by atoms with Gasteiger partial charge in [-0.2, -0.15) is 53.3 Å². The highest BCUT2D eigenvalue weighted by atomic mass is 35.5. The van der Waals surface area contributed by atoms with E-state index >= 15 is 0 Å². The van der Waals surface area contributed by atoms with E-state index < -0.39 is 58.5 Å². The molecule has 10 nitrogen and oxygen atoms in total. The van der Waals surface area contributed by atoms with Crippen LogP contribution in [0, 0.1) is 0 Å². The molecule has 352 valence electrons. The largest absolute Gasteiger partial charge is 0.467 e. The van der Waals surface area contributed by atoms with Crippen molar-refractivity contribution in [2.45, 2.75) is 69.3 Å². The quantitative estimate of drug-likeness (QED) is 0.0894. The lowest BCUT2D eigenvalue weighted by atomic mass is 9.81. The number of hydrogen-bond donors (Lipinski definition) is 0. The second-order valence-electron chi connectivity index (χ2n) is 16.2. The molecule has 3 heterocycles. The minimum atomic E-state index is -4.47. The summed E-state index contributed by atoms with van der Waals surface area (Å²) in [5.74, 6) is -1.80. The number of esters is 1. The highest BCUT2D eigenvalue weighted by Crippen LogP contribution is 2.43. The average Bonchev–Trinajstić information content (AvgIpc) is 3.23. The first-order valence-corrected chi connectivity index (χ1v) is 20.8. The molecule has 65 heavy (non-hydrogen) atoms. The van der Waals surface area contributed by atoms with Gasteiger partial charge in [0.05, 0.1) is 56.5 Å². The van der Waals surface area contributed by atoms with Gasteiger partial charge in [-0.1, -0.05) is 60.7 Å². The number of carbonyl (C=O) groups is 4. The fourth-order valence-corrected chi connectivity index (χ4v) is 8.79. The minimum absolute atomic E-state index is 0. The van der Waals surface area contributed by atoms with Crippen LogP contribution in [0.15, 0.2) is 109 Å². The molecule has 3 saturated heterocycles. The van der Waals surface area contributed by atoms with E-state index in [0.717, 1.165) is 35.6 Å². The summed E-state index contributed by atoms with van der Waals surface area (Å²) in [7, 11) is 1.24. The number of carbonyl (C=O) groups excluding carboxylic acids is 4. The fraction of sp³-hybridized carbons (Fsp3) is 0.391. The second kappa shape index (κ2) is 20.6. The van der Waals surface area contributed by atoms with Crippen LogP contribution in [0.25, 0.3) is 0 Å². The van der Waals surface area contributed by atoms with Gasteiger partial charge in [-0.3, -0.25) is 14.4 Å². The van der Waals surface area contributed by atoms with Gasteiger partial charge >= 0.3 is 18.3 Å². The standard InChI is InChI=1S/C24H26F3N3O2.C22H22ClF3N2O3.2H2S/c1-16(2)29-13-21(31)30(17(3)18-9-11-19(12-10-18)24(25,26)27)23(22(29)32)14-28(15-23)20-7-5-4-6-8-20;1-15(16-8-10-17(11-9-16)22(24,25)26)28(19(29)12-23)21(20(30)31-2)13-27(14-21)18-6-4-3-5-7-18;;/h4-12,16-17H,13-15H2,1-3H3;3-11,15H,12-14H2,1-2H3;2*1H2/t17-;15-;;/m00../s1. The van der Waals surface area contributed by atoms with Crippen LogP contribution in [-0.4, -0.2) is 101 Å². The van der Waals surface area contributed by atoms with Gasteiger partial charge in [-0.15, -0.1) is 11.6 Å². The molecule has 1 spiro atoms. The zero-order valence-electron chi connectivity index (χ0n) is 36.3. The molecule has 3 aliphatic rings. The van der Waals surface area contributed by atoms with Crippen molar-refractivity contribution >= 4 is 73.7 Å². The molecule has 19 heteroatoms. The van der Waals surface area contributed by atoms with Gasteiger partial charge in [0.25, 0.3) is 5.91 Å². The van der Waals surface area contributed by atoms with Gasteiger partial charge in [0.2, 0.25) is 11.8 Å². The Morgan fingerprint density at radius 2 is 1.12 bits per heavy atom. The van der Waals surface area contributed by atoms with Gasteiger partial charge < -0.3 is 29.2 Å². The topological polar surface area (TPSA) is 93.7 Å². The Balaban J connectivity index is 0.000000276. The van der Waals surface area contributed by atoms with Gasteiger partial charge in [0.15, 0.2) is 11.1 Å². The van der Waals surface area contributed by atoms with Crippen LogP contribution >= 0.6 is 38.6 Å². The molecule has 0 unspecified atom stereocenters. The second-order valence-corrected chi connectivity index (χ2v) is 16.5. The molecule has 4 aromatic rings.